The maximum Gasteiger partial charge on any atom is 0.153 e. The lowest BCUT2D eigenvalue weighted by Crippen LogP contribution is -1.96. The molecule has 0 unspecified atom stereocenters. The maximum absolute atomic E-state index is 4.24. The Morgan fingerprint density at radius 1 is 1.21 bits per heavy atom. The van der Waals surface area contributed by atoms with Crippen LogP contribution in [0.4, 0.5) is 0 Å². The Morgan fingerprint density at radius 2 is 1.95 bits per heavy atom. The third-order valence-corrected chi connectivity index (χ3v) is 1.93. The zero-order chi connectivity index (χ0) is 14.5. The monoisotopic (exact) mass is 257 g/mol. The molecule has 0 N–H and O–H groups in total. The van der Waals surface area contributed by atoms with E-state index in [9.17, 15) is 0 Å². The molecule has 3 nitrogen and oxygen atoms in total. The van der Waals surface area contributed by atoms with E-state index in [-0.39, 0.29) is 0 Å². The van der Waals surface area contributed by atoms with Gasteiger partial charge in [0.15, 0.2) is 5.82 Å². The minimum absolute atomic E-state index is 0.852. The van der Waals surface area contributed by atoms with Gasteiger partial charge in [-0.05, 0) is 32.0 Å². The normalized spacial score (nSPS) is 9.05. The lowest BCUT2D eigenvalue weighted by Gasteiger charge is -1.96. The summed E-state index contributed by atoms with van der Waals surface area (Å²) in [6.07, 6.45) is 9.23. The molecule has 0 aliphatic rings. The van der Waals surface area contributed by atoms with Crippen LogP contribution in [0.1, 0.15) is 26.5 Å². The molecule has 0 saturated carbocycles. The summed E-state index contributed by atoms with van der Waals surface area (Å²) in [4.78, 5) is 4.16. The lowest BCUT2D eigenvalue weighted by atomic mass is 10.5. The quantitative estimate of drug-likeness (QED) is 0.749. The zero-order valence-corrected chi connectivity index (χ0v) is 12.2. The van der Waals surface area contributed by atoms with Gasteiger partial charge in [0.25, 0.3) is 0 Å². The van der Waals surface area contributed by atoms with Crippen molar-refractivity contribution in [2.45, 2.75) is 27.7 Å². The van der Waals surface area contributed by atoms with Gasteiger partial charge in [-0.1, -0.05) is 44.7 Å². The molecule has 2 aromatic rings. The van der Waals surface area contributed by atoms with Crippen LogP contribution in [-0.4, -0.2) is 14.8 Å². The highest BCUT2D eigenvalue weighted by molar-refractivity contribution is 5.20. The van der Waals surface area contributed by atoms with Crippen molar-refractivity contribution in [3.05, 3.63) is 67.2 Å². The number of rotatable bonds is 2. The molecule has 0 bridgehead atoms. The number of hydrogen-bond acceptors (Lipinski definition) is 2. The van der Waals surface area contributed by atoms with Gasteiger partial charge >= 0.3 is 0 Å². The molecule has 2 aromatic heterocycles. The lowest BCUT2D eigenvalue weighted by molar-refractivity contribution is 0.832. The molecule has 0 aromatic carbocycles. The van der Waals surface area contributed by atoms with Crippen LogP contribution in [0, 0.1) is 6.92 Å². The van der Waals surface area contributed by atoms with E-state index in [0.717, 1.165) is 11.5 Å². The van der Waals surface area contributed by atoms with Crippen molar-refractivity contribution in [1.82, 2.24) is 14.8 Å². The minimum atomic E-state index is 0.852. The first-order chi connectivity index (χ1) is 9.27. The second-order valence-electron chi connectivity index (χ2n) is 3.35. The molecule has 0 fully saturated rings. The highest BCUT2D eigenvalue weighted by Gasteiger charge is 1.96. The first kappa shape index (κ1) is 16.8. The number of pyridine rings is 1. The van der Waals surface area contributed by atoms with E-state index in [1.54, 1.807) is 17.0 Å². The second kappa shape index (κ2) is 11.0. The van der Waals surface area contributed by atoms with E-state index in [0.29, 0.717) is 0 Å². The Morgan fingerprint density at radius 3 is 2.32 bits per heavy atom. The molecule has 2 rings (SSSR count). The highest BCUT2D eigenvalue weighted by Crippen LogP contribution is 2.01. The van der Waals surface area contributed by atoms with Gasteiger partial charge in [-0.25, -0.2) is 9.67 Å². The average Bonchev–Trinajstić information content (AvgIpc) is 2.90. The fraction of sp³-hybridized carbons (Fsp3) is 0.250. The van der Waals surface area contributed by atoms with Crippen molar-refractivity contribution in [2.24, 2.45) is 0 Å². The van der Waals surface area contributed by atoms with Crippen molar-refractivity contribution in [3.8, 4) is 5.82 Å². The van der Waals surface area contributed by atoms with Crippen molar-refractivity contribution in [1.29, 1.82) is 0 Å². The van der Waals surface area contributed by atoms with Crippen LogP contribution in [0.2, 0.25) is 0 Å². The summed E-state index contributed by atoms with van der Waals surface area (Å²) in [6.45, 7) is 11.4. The van der Waals surface area contributed by atoms with Gasteiger partial charge in [-0.2, -0.15) is 5.10 Å². The summed E-state index contributed by atoms with van der Waals surface area (Å²) in [5, 5.41) is 4.24. The van der Waals surface area contributed by atoms with E-state index in [1.807, 2.05) is 70.3 Å². The van der Waals surface area contributed by atoms with Gasteiger partial charge in [0.05, 0.1) is 5.69 Å². The van der Waals surface area contributed by atoms with Gasteiger partial charge < -0.3 is 0 Å². The molecule has 102 valence electrons. The average molecular weight is 257 g/mol. The van der Waals surface area contributed by atoms with E-state index >= 15 is 0 Å². The van der Waals surface area contributed by atoms with E-state index in [1.165, 1.54) is 0 Å². The minimum Gasteiger partial charge on any atom is -0.237 e. The van der Waals surface area contributed by atoms with Crippen molar-refractivity contribution >= 4 is 0 Å². The van der Waals surface area contributed by atoms with Crippen LogP contribution in [0.5, 0.6) is 0 Å². The molecule has 0 atom stereocenters. The molecular weight excluding hydrogens is 234 g/mol. The Kier molecular flexibility index (Phi) is 9.71. The highest BCUT2D eigenvalue weighted by atomic mass is 15.3. The number of nitrogens with zero attached hydrogens (tertiary/aromatic N) is 3. The van der Waals surface area contributed by atoms with E-state index in [2.05, 4.69) is 16.7 Å². The number of hydrogen-bond donors (Lipinski definition) is 0. The van der Waals surface area contributed by atoms with Crippen molar-refractivity contribution in [3.63, 3.8) is 0 Å². The molecule has 2 heterocycles. The Balaban J connectivity index is 0.000000396. The van der Waals surface area contributed by atoms with Crippen LogP contribution in [-0.2, 0) is 0 Å². The molecule has 0 amide bonds. The third kappa shape index (κ3) is 6.99. The van der Waals surface area contributed by atoms with Crippen molar-refractivity contribution < 1.29 is 0 Å². The van der Waals surface area contributed by atoms with Gasteiger partial charge in [-0.15, -0.1) is 0 Å². The van der Waals surface area contributed by atoms with Gasteiger partial charge in [-0.3, -0.25) is 0 Å². The fourth-order valence-corrected chi connectivity index (χ4v) is 1.17. The van der Waals surface area contributed by atoms with Gasteiger partial charge in [0.2, 0.25) is 0 Å². The zero-order valence-electron chi connectivity index (χ0n) is 12.2. The smallest absolute Gasteiger partial charge is 0.153 e. The van der Waals surface area contributed by atoms with Crippen LogP contribution >= 0.6 is 0 Å². The summed E-state index contributed by atoms with van der Waals surface area (Å²) in [5.74, 6) is 0.852. The molecule has 3 heteroatoms. The maximum atomic E-state index is 4.24. The van der Waals surface area contributed by atoms with Crippen LogP contribution in [0.3, 0.4) is 0 Å². The fourth-order valence-electron chi connectivity index (χ4n) is 1.17. The first-order valence-corrected chi connectivity index (χ1v) is 6.45. The summed E-state index contributed by atoms with van der Waals surface area (Å²) in [7, 11) is 0. The topological polar surface area (TPSA) is 30.7 Å². The summed E-state index contributed by atoms with van der Waals surface area (Å²) >= 11 is 0. The van der Waals surface area contributed by atoms with Gasteiger partial charge in [0.1, 0.15) is 0 Å². The summed E-state index contributed by atoms with van der Waals surface area (Å²) in [5.41, 5.74) is 1.00. The molecule has 0 spiro atoms. The Hall–Kier alpha value is -2.16. The first-order valence-electron chi connectivity index (χ1n) is 6.45. The molecule has 19 heavy (non-hydrogen) atoms. The molecule has 0 radical (unpaired) electrons. The predicted molar refractivity (Wildman–Crippen MR) is 82.5 cm³/mol. The molecular formula is C16H23N3. The standard InChI is InChI=1S/C9H9N3.C5H8.C2H6/c1-8-5-7-12(11-8)9-4-2-3-6-10-9;1-3-5-4-2;1-2/h2-7H,1H3;3-5H,1H2,2H3;1-2H3/b;5-4-;. The Labute approximate surface area is 116 Å². The Bertz CT molecular complexity index is 470. The van der Waals surface area contributed by atoms with E-state index < -0.39 is 0 Å². The number of aromatic nitrogens is 3. The molecule has 0 aliphatic carbocycles. The van der Waals surface area contributed by atoms with Crippen LogP contribution in [0.15, 0.2) is 61.5 Å². The van der Waals surface area contributed by atoms with Crippen LogP contribution < -0.4 is 0 Å². The summed E-state index contributed by atoms with van der Waals surface area (Å²) in [6, 6.07) is 7.71. The van der Waals surface area contributed by atoms with Crippen LogP contribution in [0.25, 0.3) is 5.82 Å². The SMILES string of the molecule is C=C/C=C\C.CC.Cc1ccn(-c2ccccn2)n1. The van der Waals surface area contributed by atoms with Gasteiger partial charge in [0, 0.05) is 12.4 Å². The third-order valence-electron chi connectivity index (χ3n) is 1.93. The number of allylic oxidation sites excluding steroid dienone is 3. The largest absolute Gasteiger partial charge is 0.237 e. The summed E-state index contributed by atoms with van der Waals surface area (Å²) < 4.78 is 1.76. The number of aryl methyl sites for hydroxylation is 1. The predicted octanol–water partition coefficient (Wildman–Crippen LogP) is 4.35. The molecule has 0 saturated heterocycles. The van der Waals surface area contributed by atoms with E-state index in [4.69, 9.17) is 0 Å². The molecule has 0 aliphatic heterocycles. The second-order valence-corrected chi connectivity index (χ2v) is 3.35. The van der Waals surface area contributed by atoms with Crippen molar-refractivity contribution in [2.75, 3.05) is 0 Å².